The van der Waals surface area contributed by atoms with E-state index in [9.17, 15) is 4.79 Å². The van der Waals surface area contributed by atoms with Crippen molar-refractivity contribution in [2.24, 2.45) is 11.8 Å². The highest BCUT2D eigenvalue weighted by molar-refractivity contribution is 14.1. The summed E-state index contributed by atoms with van der Waals surface area (Å²) in [6.45, 7) is 4.81. The van der Waals surface area contributed by atoms with Gasteiger partial charge in [-0.25, -0.2) is 0 Å². The minimum absolute atomic E-state index is 0.0546. The predicted octanol–water partition coefficient (Wildman–Crippen LogP) is 4.95. The number of hydrogen-bond acceptors (Lipinski definition) is 5. The highest BCUT2D eigenvalue weighted by Crippen LogP contribution is 2.45. The number of methoxy groups -OCH3 is 3. The molecule has 2 aromatic rings. The molecule has 33 heavy (non-hydrogen) atoms. The van der Waals surface area contributed by atoms with Crippen molar-refractivity contribution < 1.29 is 23.7 Å². The predicted molar refractivity (Wildman–Crippen MR) is 137 cm³/mol. The lowest BCUT2D eigenvalue weighted by molar-refractivity contribution is -0.117. The molecule has 1 aliphatic heterocycles. The van der Waals surface area contributed by atoms with E-state index in [4.69, 9.17) is 18.9 Å². The Morgan fingerprint density at radius 2 is 1.76 bits per heavy atom. The smallest absolute Gasteiger partial charge is 0.246 e. The molecule has 0 aliphatic carbocycles. The standard InChI is InChI=1S/C26H32INO5/c1-6-16(2)26(29)28-14-21-19(11-17-7-9-20(27)10-8-17)15-33-24(21)18-12-22(30-3)25(32-5)23(13-18)31-4/h6-10,12-13,19,21,24H,11,14-15H2,1-5H3,(H,28,29)/b16-6-/t19-,21-,24+/m0/s1. The molecule has 1 fully saturated rings. The van der Waals surface area contributed by atoms with Gasteiger partial charge in [0, 0.05) is 21.6 Å². The van der Waals surface area contributed by atoms with E-state index in [1.807, 2.05) is 32.1 Å². The average Bonchev–Trinajstić information content (AvgIpc) is 3.24. The number of ether oxygens (including phenoxy) is 4. The van der Waals surface area contributed by atoms with Gasteiger partial charge in [0.1, 0.15) is 0 Å². The Morgan fingerprint density at radius 1 is 1.12 bits per heavy atom. The van der Waals surface area contributed by atoms with Gasteiger partial charge >= 0.3 is 0 Å². The van der Waals surface area contributed by atoms with Crippen LogP contribution in [0.25, 0.3) is 0 Å². The minimum Gasteiger partial charge on any atom is -0.493 e. The van der Waals surface area contributed by atoms with E-state index in [0.717, 1.165) is 12.0 Å². The number of hydrogen-bond donors (Lipinski definition) is 1. The molecule has 178 valence electrons. The number of benzene rings is 2. The third-order valence-corrected chi connectivity index (χ3v) is 6.92. The van der Waals surface area contributed by atoms with Gasteiger partial charge in [-0.2, -0.15) is 0 Å². The van der Waals surface area contributed by atoms with Gasteiger partial charge in [0.05, 0.1) is 34.0 Å². The molecule has 0 saturated carbocycles. The van der Waals surface area contributed by atoms with Gasteiger partial charge < -0.3 is 24.3 Å². The second-order valence-electron chi connectivity index (χ2n) is 8.15. The van der Waals surface area contributed by atoms with Crippen LogP contribution in [-0.4, -0.2) is 40.4 Å². The molecule has 1 amide bonds. The summed E-state index contributed by atoms with van der Waals surface area (Å²) in [5.74, 6) is 2.00. The van der Waals surface area contributed by atoms with Crippen molar-refractivity contribution in [2.75, 3.05) is 34.5 Å². The average molecular weight is 565 g/mol. The SMILES string of the molecule is C/C=C(/C)C(=O)NC[C@H]1[C@@H](Cc2ccc(I)cc2)CO[C@@H]1c1cc(OC)c(OC)c(OC)c1. The van der Waals surface area contributed by atoms with Gasteiger partial charge in [0.15, 0.2) is 11.5 Å². The number of nitrogens with one attached hydrogen (secondary N) is 1. The lowest BCUT2D eigenvalue weighted by Gasteiger charge is -2.25. The third kappa shape index (κ3) is 6.00. The van der Waals surface area contributed by atoms with Gasteiger partial charge in [-0.3, -0.25) is 4.79 Å². The van der Waals surface area contributed by atoms with E-state index >= 15 is 0 Å². The lowest BCUT2D eigenvalue weighted by Crippen LogP contribution is -2.34. The number of halogens is 1. The molecule has 7 heteroatoms. The summed E-state index contributed by atoms with van der Waals surface area (Å²) in [7, 11) is 4.80. The van der Waals surface area contributed by atoms with Crippen molar-refractivity contribution in [1.82, 2.24) is 5.32 Å². The molecule has 2 aromatic carbocycles. The van der Waals surface area contributed by atoms with E-state index in [-0.39, 0.29) is 23.8 Å². The van der Waals surface area contributed by atoms with Gasteiger partial charge in [0.2, 0.25) is 11.7 Å². The summed E-state index contributed by atoms with van der Waals surface area (Å²) in [4.78, 5) is 12.5. The van der Waals surface area contributed by atoms with Gasteiger partial charge in [-0.05, 0) is 84.2 Å². The Kier molecular flexibility index (Phi) is 9.02. The Morgan fingerprint density at radius 3 is 2.30 bits per heavy atom. The molecule has 6 nitrogen and oxygen atoms in total. The zero-order valence-electron chi connectivity index (χ0n) is 19.8. The first-order valence-electron chi connectivity index (χ1n) is 11.0. The maximum atomic E-state index is 12.5. The molecular weight excluding hydrogens is 533 g/mol. The molecule has 0 radical (unpaired) electrons. The number of rotatable bonds is 9. The molecule has 1 heterocycles. The molecule has 0 spiro atoms. The first-order valence-corrected chi connectivity index (χ1v) is 12.1. The van der Waals surface area contributed by atoms with Crippen LogP contribution in [0, 0.1) is 15.4 Å². The fourth-order valence-electron chi connectivity index (χ4n) is 4.22. The molecule has 1 aliphatic rings. The van der Waals surface area contributed by atoms with E-state index in [1.165, 1.54) is 9.13 Å². The zero-order valence-corrected chi connectivity index (χ0v) is 22.0. The first-order chi connectivity index (χ1) is 15.9. The maximum absolute atomic E-state index is 12.5. The summed E-state index contributed by atoms with van der Waals surface area (Å²) in [6.07, 6.45) is 2.49. The van der Waals surface area contributed by atoms with Crippen molar-refractivity contribution in [2.45, 2.75) is 26.4 Å². The van der Waals surface area contributed by atoms with Gasteiger partial charge in [-0.1, -0.05) is 18.2 Å². The normalized spacial score (nSPS) is 20.4. The topological polar surface area (TPSA) is 66.0 Å². The van der Waals surface area contributed by atoms with E-state index in [0.29, 0.717) is 36.0 Å². The minimum atomic E-state index is -0.209. The van der Waals surface area contributed by atoms with E-state index < -0.39 is 0 Å². The number of carbonyl (C=O) groups excluding carboxylic acids is 1. The third-order valence-electron chi connectivity index (χ3n) is 6.20. The lowest BCUT2D eigenvalue weighted by atomic mass is 9.83. The van der Waals surface area contributed by atoms with Crippen LogP contribution in [0.1, 0.15) is 31.1 Å². The van der Waals surface area contributed by atoms with Crippen LogP contribution in [0.3, 0.4) is 0 Å². The van der Waals surface area contributed by atoms with Crippen LogP contribution in [0.2, 0.25) is 0 Å². The van der Waals surface area contributed by atoms with Crippen molar-refractivity contribution >= 4 is 28.5 Å². The largest absolute Gasteiger partial charge is 0.493 e. The van der Waals surface area contributed by atoms with Crippen LogP contribution in [-0.2, 0) is 16.0 Å². The molecule has 0 unspecified atom stereocenters. The Balaban J connectivity index is 1.91. The molecule has 3 rings (SSSR count). The molecule has 0 aromatic heterocycles. The summed E-state index contributed by atoms with van der Waals surface area (Å²) in [6, 6.07) is 12.4. The summed E-state index contributed by atoms with van der Waals surface area (Å²) < 4.78 is 24.1. The zero-order chi connectivity index (χ0) is 24.0. The molecule has 0 bridgehead atoms. The van der Waals surface area contributed by atoms with Crippen LogP contribution in [0.4, 0.5) is 0 Å². The van der Waals surface area contributed by atoms with Crippen molar-refractivity contribution in [3.8, 4) is 17.2 Å². The Hall–Kier alpha value is -2.26. The molecule has 3 atom stereocenters. The highest BCUT2D eigenvalue weighted by Gasteiger charge is 2.39. The summed E-state index contributed by atoms with van der Waals surface area (Å²) in [5.41, 5.74) is 2.90. The van der Waals surface area contributed by atoms with Crippen molar-refractivity contribution in [1.29, 1.82) is 0 Å². The molecule has 1 saturated heterocycles. The quantitative estimate of drug-likeness (QED) is 0.345. The number of amides is 1. The number of carbonyl (C=O) groups is 1. The van der Waals surface area contributed by atoms with Gasteiger partial charge in [-0.15, -0.1) is 0 Å². The monoisotopic (exact) mass is 565 g/mol. The van der Waals surface area contributed by atoms with Crippen LogP contribution in [0.15, 0.2) is 48.0 Å². The highest BCUT2D eigenvalue weighted by atomic mass is 127. The second-order valence-corrected chi connectivity index (χ2v) is 9.39. The Labute approximate surface area is 209 Å². The second kappa shape index (κ2) is 11.7. The maximum Gasteiger partial charge on any atom is 0.246 e. The van der Waals surface area contributed by atoms with Crippen LogP contribution < -0.4 is 19.5 Å². The van der Waals surface area contributed by atoms with Crippen molar-refractivity contribution in [3.05, 3.63) is 62.7 Å². The van der Waals surface area contributed by atoms with Crippen LogP contribution >= 0.6 is 22.6 Å². The van der Waals surface area contributed by atoms with E-state index in [1.54, 1.807) is 21.3 Å². The fourth-order valence-corrected chi connectivity index (χ4v) is 4.58. The van der Waals surface area contributed by atoms with Crippen LogP contribution in [0.5, 0.6) is 17.2 Å². The van der Waals surface area contributed by atoms with Crippen molar-refractivity contribution in [3.63, 3.8) is 0 Å². The summed E-state index contributed by atoms with van der Waals surface area (Å²) in [5, 5.41) is 3.10. The number of allylic oxidation sites excluding steroid dienone is 1. The molecular formula is C26H32INO5. The molecule has 1 N–H and O–H groups in total. The fraction of sp³-hybridized carbons (Fsp3) is 0.423. The van der Waals surface area contributed by atoms with Gasteiger partial charge in [0.25, 0.3) is 0 Å². The Bertz CT molecular complexity index is 964. The first kappa shape index (κ1) is 25.4. The summed E-state index contributed by atoms with van der Waals surface area (Å²) >= 11 is 2.31. The van der Waals surface area contributed by atoms with E-state index in [2.05, 4.69) is 52.2 Å².